The summed E-state index contributed by atoms with van der Waals surface area (Å²) in [5.74, 6) is -1.11. The molecule has 0 saturated carbocycles. The van der Waals surface area contributed by atoms with Gasteiger partial charge >= 0.3 is 5.97 Å². The van der Waals surface area contributed by atoms with E-state index >= 15 is 0 Å². The monoisotopic (exact) mass is 268 g/mol. The minimum absolute atomic E-state index is 0.0115. The van der Waals surface area contributed by atoms with Crippen molar-refractivity contribution < 1.29 is 22.7 Å². The Labute approximate surface area is 105 Å². The van der Waals surface area contributed by atoms with Gasteiger partial charge in [0, 0.05) is 12.8 Å². The first-order valence-electron chi connectivity index (χ1n) is 5.72. The highest BCUT2D eigenvalue weighted by atomic mass is 32.2. The van der Waals surface area contributed by atoms with Crippen LogP contribution in [0.1, 0.15) is 23.2 Å². The van der Waals surface area contributed by atoms with Gasteiger partial charge in [-0.05, 0) is 12.1 Å². The predicted octanol–water partition coefficient (Wildman–Crippen LogP) is 1.14. The summed E-state index contributed by atoms with van der Waals surface area (Å²) in [6.07, 6.45) is 0.380. The van der Waals surface area contributed by atoms with Crippen LogP contribution in [0.15, 0.2) is 24.3 Å². The zero-order chi connectivity index (χ0) is 12.8. The fourth-order valence-corrected chi connectivity index (χ4v) is 3.67. The van der Waals surface area contributed by atoms with Gasteiger partial charge in [0.25, 0.3) is 5.79 Å². The van der Waals surface area contributed by atoms with Crippen molar-refractivity contribution in [1.29, 1.82) is 0 Å². The third-order valence-corrected chi connectivity index (χ3v) is 4.92. The van der Waals surface area contributed by atoms with Crippen molar-refractivity contribution in [3.05, 3.63) is 29.8 Å². The third-order valence-electron chi connectivity index (χ3n) is 3.27. The van der Waals surface area contributed by atoms with Crippen LogP contribution in [0, 0.1) is 0 Å². The van der Waals surface area contributed by atoms with Gasteiger partial charge in [-0.2, -0.15) is 0 Å². The maximum Gasteiger partial charge on any atom is 0.345 e. The van der Waals surface area contributed by atoms with E-state index in [2.05, 4.69) is 0 Å². The summed E-state index contributed by atoms with van der Waals surface area (Å²) in [6.45, 7) is 0. The lowest BCUT2D eigenvalue weighted by Crippen LogP contribution is -2.50. The summed E-state index contributed by atoms with van der Waals surface area (Å²) in [5, 5.41) is 0. The number of benzene rings is 1. The summed E-state index contributed by atoms with van der Waals surface area (Å²) in [6, 6.07) is 6.82. The Morgan fingerprint density at radius 3 is 2.44 bits per heavy atom. The summed E-state index contributed by atoms with van der Waals surface area (Å²) >= 11 is 0. The first-order chi connectivity index (χ1) is 8.50. The second-order valence-corrected chi connectivity index (χ2v) is 6.85. The van der Waals surface area contributed by atoms with Crippen molar-refractivity contribution in [2.75, 3.05) is 11.5 Å². The van der Waals surface area contributed by atoms with Crippen LogP contribution in [0.5, 0.6) is 5.75 Å². The highest BCUT2D eigenvalue weighted by Crippen LogP contribution is 2.37. The standard InChI is InChI=1S/C12H12O5S/c13-11-9-3-1-2-4-10(9)16-12(17-11)5-7-18(14,15)8-6-12/h1-4H,5-8H2. The molecule has 96 valence electrons. The van der Waals surface area contributed by atoms with Crippen molar-refractivity contribution in [2.24, 2.45) is 0 Å². The highest BCUT2D eigenvalue weighted by molar-refractivity contribution is 7.91. The predicted molar refractivity (Wildman–Crippen MR) is 63.1 cm³/mol. The van der Waals surface area contributed by atoms with Crippen LogP contribution in [-0.2, 0) is 14.6 Å². The normalized spacial score (nSPS) is 23.9. The van der Waals surface area contributed by atoms with Crippen LogP contribution < -0.4 is 4.74 Å². The maximum absolute atomic E-state index is 11.9. The Balaban J connectivity index is 1.93. The van der Waals surface area contributed by atoms with Gasteiger partial charge in [-0.25, -0.2) is 13.2 Å². The molecule has 0 amide bonds. The first kappa shape index (κ1) is 11.5. The summed E-state index contributed by atoms with van der Waals surface area (Å²) in [5.41, 5.74) is 0.386. The van der Waals surface area contributed by atoms with Crippen molar-refractivity contribution in [3.8, 4) is 5.75 Å². The smallest absolute Gasteiger partial charge is 0.345 e. The van der Waals surface area contributed by atoms with Crippen molar-refractivity contribution in [1.82, 2.24) is 0 Å². The number of hydrogen-bond donors (Lipinski definition) is 0. The molecule has 6 heteroatoms. The Bertz CT molecular complexity index is 591. The first-order valence-corrected chi connectivity index (χ1v) is 7.54. The molecule has 0 bridgehead atoms. The van der Waals surface area contributed by atoms with E-state index < -0.39 is 21.6 Å². The van der Waals surface area contributed by atoms with Crippen LogP contribution in [0.25, 0.3) is 0 Å². The molecule has 0 unspecified atom stereocenters. The molecule has 0 aromatic heterocycles. The summed E-state index contributed by atoms with van der Waals surface area (Å²) < 4.78 is 33.8. The third kappa shape index (κ3) is 1.86. The Morgan fingerprint density at radius 1 is 1.06 bits per heavy atom. The van der Waals surface area contributed by atoms with Crippen molar-refractivity contribution in [3.63, 3.8) is 0 Å². The number of carbonyl (C=O) groups excluding carboxylic acids is 1. The molecule has 1 aromatic rings. The number of fused-ring (bicyclic) bond motifs is 1. The molecule has 1 fully saturated rings. The van der Waals surface area contributed by atoms with E-state index in [1.54, 1.807) is 24.3 Å². The second-order valence-electron chi connectivity index (χ2n) is 4.55. The minimum Gasteiger partial charge on any atom is -0.451 e. The van der Waals surface area contributed by atoms with E-state index in [-0.39, 0.29) is 24.3 Å². The number of sulfone groups is 1. The van der Waals surface area contributed by atoms with Gasteiger partial charge in [0.05, 0.1) is 11.5 Å². The molecular weight excluding hydrogens is 256 g/mol. The van der Waals surface area contributed by atoms with Crippen LogP contribution in [0.4, 0.5) is 0 Å². The van der Waals surface area contributed by atoms with E-state index in [1.165, 1.54) is 0 Å². The van der Waals surface area contributed by atoms with Gasteiger partial charge in [0.15, 0.2) is 9.84 Å². The molecule has 2 aliphatic rings. The molecule has 0 atom stereocenters. The lowest BCUT2D eigenvalue weighted by atomic mass is 10.1. The Hall–Kier alpha value is -1.56. The zero-order valence-corrected chi connectivity index (χ0v) is 10.4. The molecule has 5 nitrogen and oxygen atoms in total. The average molecular weight is 268 g/mol. The SMILES string of the molecule is O=C1OC2(CCS(=O)(=O)CC2)Oc2ccccc21. The molecule has 1 spiro atoms. The number of para-hydroxylation sites is 1. The van der Waals surface area contributed by atoms with Crippen molar-refractivity contribution in [2.45, 2.75) is 18.6 Å². The summed E-state index contributed by atoms with van der Waals surface area (Å²) in [4.78, 5) is 11.9. The van der Waals surface area contributed by atoms with E-state index in [0.717, 1.165) is 0 Å². The lowest BCUT2D eigenvalue weighted by molar-refractivity contribution is -0.158. The lowest BCUT2D eigenvalue weighted by Gasteiger charge is -2.39. The molecule has 0 N–H and O–H groups in total. The molecule has 1 aromatic carbocycles. The number of carbonyl (C=O) groups is 1. The summed E-state index contributed by atoms with van der Waals surface area (Å²) in [7, 11) is -3.02. The van der Waals surface area contributed by atoms with Gasteiger partial charge in [0.1, 0.15) is 11.3 Å². The number of esters is 1. The molecule has 1 saturated heterocycles. The fourth-order valence-electron chi connectivity index (χ4n) is 2.22. The fraction of sp³-hybridized carbons (Fsp3) is 0.417. The van der Waals surface area contributed by atoms with E-state index in [0.29, 0.717) is 11.3 Å². The van der Waals surface area contributed by atoms with Crippen LogP contribution in [0.2, 0.25) is 0 Å². The molecule has 3 rings (SSSR count). The largest absolute Gasteiger partial charge is 0.451 e. The van der Waals surface area contributed by atoms with Gasteiger partial charge in [0.2, 0.25) is 0 Å². The van der Waals surface area contributed by atoms with E-state index in [9.17, 15) is 13.2 Å². The van der Waals surface area contributed by atoms with Crippen LogP contribution in [-0.4, -0.2) is 31.7 Å². The molecule has 2 heterocycles. The highest BCUT2D eigenvalue weighted by Gasteiger charge is 2.46. The van der Waals surface area contributed by atoms with Crippen molar-refractivity contribution >= 4 is 15.8 Å². The second kappa shape index (κ2) is 3.71. The van der Waals surface area contributed by atoms with Gasteiger partial charge in [-0.3, -0.25) is 0 Å². The van der Waals surface area contributed by atoms with Gasteiger partial charge < -0.3 is 9.47 Å². The molecule has 0 aliphatic carbocycles. The molecule has 2 aliphatic heterocycles. The Morgan fingerprint density at radius 2 is 1.72 bits per heavy atom. The van der Waals surface area contributed by atoms with Crippen LogP contribution >= 0.6 is 0 Å². The number of hydrogen-bond acceptors (Lipinski definition) is 5. The number of rotatable bonds is 0. The molecular formula is C12H12O5S. The number of ether oxygens (including phenoxy) is 2. The minimum atomic E-state index is -3.02. The average Bonchev–Trinajstić information content (AvgIpc) is 2.34. The van der Waals surface area contributed by atoms with E-state index in [1.807, 2.05) is 0 Å². The maximum atomic E-state index is 11.9. The molecule has 0 radical (unpaired) electrons. The Kier molecular flexibility index (Phi) is 2.38. The van der Waals surface area contributed by atoms with E-state index in [4.69, 9.17) is 9.47 Å². The van der Waals surface area contributed by atoms with Gasteiger partial charge in [-0.15, -0.1) is 0 Å². The van der Waals surface area contributed by atoms with Crippen LogP contribution in [0.3, 0.4) is 0 Å². The zero-order valence-electron chi connectivity index (χ0n) is 9.59. The quantitative estimate of drug-likeness (QED) is 0.660. The topological polar surface area (TPSA) is 69.7 Å². The molecule has 18 heavy (non-hydrogen) atoms. The van der Waals surface area contributed by atoms with Gasteiger partial charge in [-0.1, -0.05) is 12.1 Å².